The van der Waals surface area contributed by atoms with Gasteiger partial charge in [-0.25, -0.2) is 0 Å². The number of halogens is 2. The number of amides is 2. The Labute approximate surface area is 254 Å². The lowest BCUT2D eigenvalue weighted by molar-refractivity contribution is -0.154. The van der Waals surface area contributed by atoms with Gasteiger partial charge in [0, 0.05) is 29.8 Å². The molecule has 0 saturated carbocycles. The third-order valence-corrected chi connectivity index (χ3v) is 11.7. The fourth-order valence-corrected chi connectivity index (χ4v) is 10.4. The monoisotopic (exact) mass is 652 g/mol. The van der Waals surface area contributed by atoms with Gasteiger partial charge < -0.3 is 19.6 Å². The van der Waals surface area contributed by atoms with Crippen molar-refractivity contribution >= 4 is 62.8 Å². The minimum Gasteiger partial charge on any atom is -0.465 e. The fourth-order valence-electron chi connectivity index (χ4n) is 6.51. The second kappa shape index (κ2) is 13.4. The van der Waals surface area contributed by atoms with Gasteiger partial charge in [-0.05, 0) is 57.1 Å². The number of unbranched alkanes of at least 4 members (excludes halogenated alkanes) is 3. The number of likely N-dealkylation sites (tertiary alicyclic amines) is 1. The number of hydrogen-bond donors (Lipinski definition) is 1. The summed E-state index contributed by atoms with van der Waals surface area (Å²) < 4.78 is 4.92. The van der Waals surface area contributed by atoms with E-state index in [9.17, 15) is 19.5 Å². The number of allylic oxidation sites excluding steroid dienone is 1. The topological polar surface area (TPSA) is 87.1 Å². The number of benzene rings is 1. The summed E-state index contributed by atoms with van der Waals surface area (Å²) in [6, 6.07) is 4.69. The van der Waals surface area contributed by atoms with Crippen LogP contribution in [0.2, 0.25) is 5.02 Å². The van der Waals surface area contributed by atoms with Gasteiger partial charge in [0.05, 0.1) is 33.9 Å². The summed E-state index contributed by atoms with van der Waals surface area (Å²) in [5, 5.41) is 9.70. The standard InChI is InChI=1S/C30H38BrClN2O5S/c1-4-6-7-10-17-39-29(38)22-23-27(36)34(15-8-9-16-35)26(30(23)18-20(31)25(22)40-30)28(37)33(14-5-2)24-19(3)12-11-13-21(24)32/h4-5,11-13,20,22-23,25-26,35H,1-2,6-10,14-18H2,3H3/t20?,22-,23-,25-,26?,30?/m0/s1. The van der Waals surface area contributed by atoms with Crippen LogP contribution in [0.4, 0.5) is 5.69 Å². The van der Waals surface area contributed by atoms with Crippen LogP contribution in [-0.2, 0) is 19.1 Å². The Balaban J connectivity index is 1.71. The predicted octanol–water partition coefficient (Wildman–Crippen LogP) is 5.30. The van der Waals surface area contributed by atoms with E-state index >= 15 is 0 Å². The minimum absolute atomic E-state index is 0.00226. The van der Waals surface area contributed by atoms with Gasteiger partial charge in [-0.3, -0.25) is 14.4 Å². The van der Waals surface area contributed by atoms with Crippen molar-refractivity contribution in [2.24, 2.45) is 11.8 Å². The molecule has 2 bridgehead atoms. The molecular weight excluding hydrogens is 616 g/mol. The van der Waals surface area contributed by atoms with Crippen LogP contribution in [0.25, 0.3) is 0 Å². The smallest absolute Gasteiger partial charge is 0.310 e. The molecule has 3 fully saturated rings. The first kappa shape index (κ1) is 31.1. The van der Waals surface area contributed by atoms with Crippen LogP contribution in [0.5, 0.6) is 0 Å². The number of anilines is 1. The van der Waals surface area contributed by atoms with Gasteiger partial charge >= 0.3 is 5.97 Å². The molecule has 4 rings (SSSR count). The van der Waals surface area contributed by atoms with E-state index in [0.717, 1.165) is 24.8 Å². The first-order chi connectivity index (χ1) is 19.2. The molecule has 218 valence electrons. The van der Waals surface area contributed by atoms with E-state index in [1.165, 1.54) is 0 Å². The lowest BCUT2D eigenvalue weighted by Gasteiger charge is -2.38. The van der Waals surface area contributed by atoms with Crippen molar-refractivity contribution in [2.75, 3.05) is 31.2 Å². The summed E-state index contributed by atoms with van der Waals surface area (Å²) in [7, 11) is 0. The summed E-state index contributed by atoms with van der Waals surface area (Å²) in [5.41, 5.74) is 1.44. The molecule has 3 unspecified atom stereocenters. The number of esters is 1. The Morgan fingerprint density at radius 3 is 2.73 bits per heavy atom. The summed E-state index contributed by atoms with van der Waals surface area (Å²) in [5.74, 6) is -2.08. The van der Waals surface area contributed by atoms with Crippen molar-refractivity contribution in [1.29, 1.82) is 0 Å². The molecule has 10 heteroatoms. The zero-order valence-corrected chi connectivity index (χ0v) is 26.1. The fraction of sp³-hybridized carbons (Fsp3) is 0.567. The van der Waals surface area contributed by atoms with Gasteiger partial charge in [0.2, 0.25) is 5.91 Å². The van der Waals surface area contributed by atoms with Gasteiger partial charge in [0.15, 0.2) is 0 Å². The molecule has 0 aliphatic carbocycles. The lowest BCUT2D eigenvalue weighted by Crippen LogP contribution is -2.55. The average Bonchev–Trinajstić information content (AvgIpc) is 3.51. The number of nitrogens with zero attached hydrogens (tertiary/aromatic N) is 2. The largest absolute Gasteiger partial charge is 0.465 e. The number of carbonyl (C=O) groups excluding carboxylic acids is 3. The van der Waals surface area contributed by atoms with Gasteiger partial charge in [0.25, 0.3) is 5.91 Å². The van der Waals surface area contributed by atoms with Gasteiger partial charge in [-0.2, -0.15) is 0 Å². The second-order valence-electron chi connectivity index (χ2n) is 10.7. The third kappa shape index (κ3) is 5.63. The summed E-state index contributed by atoms with van der Waals surface area (Å²) in [4.78, 5) is 45.5. The maximum atomic E-state index is 14.6. The lowest BCUT2D eigenvalue weighted by atomic mass is 9.71. The quantitative estimate of drug-likeness (QED) is 0.127. The van der Waals surface area contributed by atoms with E-state index in [1.54, 1.807) is 33.7 Å². The zero-order valence-electron chi connectivity index (χ0n) is 22.9. The molecule has 3 saturated heterocycles. The number of aryl methyl sites for hydroxylation is 1. The number of fused-ring (bicyclic) bond motifs is 1. The van der Waals surface area contributed by atoms with Crippen LogP contribution >= 0.6 is 39.3 Å². The summed E-state index contributed by atoms with van der Waals surface area (Å²) in [6.07, 6.45) is 7.59. The molecule has 1 aromatic carbocycles. The number of aliphatic hydroxyl groups is 1. The van der Waals surface area contributed by atoms with Crippen LogP contribution in [0.3, 0.4) is 0 Å². The van der Waals surface area contributed by atoms with Crippen LogP contribution in [0, 0.1) is 18.8 Å². The molecule has 1 aromatic rings. The van der Waals surface area contributed by atoms with E-state index in [4.69, 9.17) is 16.3 Å². The molecular formula is C30H38BrClN2O5S. The zero-order chi connectivity index (χ0) is 29.0. The van der Waals surface area contributed by atoms with Crippen molar-refractivity contribution < 1.29 is 24.2 Å². The molecule has 0 aromatic heterocycles. The first-order valence-corrected chi connectivity index (χ1v) is 16.1. The molecule has 2 amide bonds. The average molecular weight is 654 g/mol. The van der Waals surface area contributed by atoms with E-state index in [1.807, 2.05) is 25.1 Å². The predicted molar refractivity (Wildman–Crippen MR) is 164 cm³/mol. The van der Waals surface area contributed by atoms with Gasteiger partial charge in [0.1, 0.15) is 6.04 Å². The van der Waals surface area contributed by atoms with Crippen molar-refractivity contribution in [3.63, 3.8) is 0 Å². The molecule has 3 aliphatic heterocycles. The number of alkyl halides is 1. The summed E-state index contributed by atoms with van der Waals surface area (Å²) >= 11 is 12.0. The molecule has 1 N–H and O–H groups in total. The van der Waals surface area contributed by atoms with Crippen LogP contribution in [0.15, 0.2) is 43.5 Å². The van der Waals surface area contributed by atoms with Crippen molar-refractivity contribution in [2.45, 2.75) is 66.3 Å². The number of ether oxygens (including phenoxy) is 1. The Hall–Kier alpha value is -1.81. The maximum Gasteiger partial charge on any atom is 0.310 e. The highest BCUT2D eigenvalue weighted by Gasteiger charge is 2.76. The Bertz CT molecular complexity index is 1130. The van der Waals surface area contributed by atoms with Crippen LogP contribution < -0.4 is 4.90 Å². The van der Waals surface area contributed by atoms with Crippen molar-refractivity contribution in [1.82, 2.24) is 4.90 Å². The van der Waals surface area contributed by atoms with Crippen molar-refractivity contribution in [3.05, 3.63) is 54.1 Å². The number of carbonyl (C=O) groups is 3. The molecule has 7 nitrogen and oxygen atoms in total. The molecule has 40 heavy (non-hydrogen) atoms. The highest BCUT2D eigenvalue weighted by atomic mass is 79.9. The molecule has 6 atom stereocenters. The Kier molecular flexibility index (Phi) is 10.5. The highest BCUT2D eigenvalue weighted by molar-refractivity contribution is 9.09. The van der Waals surface area contributed by atoms with Crippen molar-refractivity contribution in [3.8, 4) is 0 Å². The van der Waals surface area contributed by atoms with E-state index in [2.05, 4.69) is 29.1 Å². The van der Waals surface area contributed by atoms with Crippen LogP contribution in [-0.4, -0.2) is 75.0 Å². The highest BCUT2D eigenvalue weighted by Crippen LogP contribution is 2.68. The molecule has 3 heterocycles. The second-order valence-corrected chi connectivity index (χ2v) is 13.8. The summed E-state index contributed by atoms with van der Waals surface area (Å²) in [6.45, 7) is 10.3. The Morgan fingerprint density at radius 2 is 2.05 bits per heavy atom. The third-order valence-electron chi connectivity index (χ3n) is 8.19. The Morgan fingerprint density at radius 1 is 1.27 bits per heavy atom. The normalized spacial score (nSPS) is 28.4. The van der Waals surface area contributed by atoms with Crippen LogP contribution in [0.1, 0.15) is 44.1 Å². The first-order valence-electron chi connectivity index (χ1n) is 13.9. The van der Waals surface area contributed by atoms with Gasteiger partial charge in [-0.1, -0.05) is 51.8 Å². The number of aliphatic hydroxyl groups excluding tert-OH is 1. The number of thioether (sulfide) groups is 1. The van der Waals surface area contributed by atoms with E-state index < -0.39 is 22.6 Å². The van der Waals surface area contributed by atoms with Gasteiger partial charge in [-0.15, -0.1) is 24.9 Å². The molecule has 3 aliphatic rings. The molecule has 1 spiro atoms. The maximum absolute atomic E-state index is 14.6. The number of rotatable bonds is 14. The SMILES string of the molecule is C=CCCCCOC(=O)[C@H]1[C@H]2C(=O)N(CCCCO)C(C(=O)N(CC=C)c3c(C)cccc3Cl)C23CC(Br)[C@@H]1S3. The van der Waals surface area contributed by atoms with E-state index in [0.29, 0.717) is 43.1 Å². The number of para-hydroxylation sites is 1. The minimum atomic E-state index is -0.792. The van der Waals surface area contributed by atoms with E-state index in [-0.39, 0.29) is 41.0 Å². The molecule has 0 radical (unpaired) electrons. The number of hydrogen-bond acceptors (Lipinski definition) is 6.